The molecule has 2 bridgehead atoms. The predicted octanol–water partition coefficient (Wildman–Crippen LogP) is 4.70. The number of methoxy groups -OCH3 is 2. The van der Waals surface area contributed by atoms with E-state index < -0.39 is 5.97 Å². The van der Waals surface area contributed by atoms with Gasteiger partial charge in [0.1, 0.15) is 0 Å². The lowest BCUT2D eigenvalue weighted by Crippen LogP contribution is -2.35. The molecule has 0 radical (unpaired) electrons. The molecule has 5 nitrogen and oxygen atoms in total. The Bertz CT molecular complexity index is 940. The molecule has 1 aliphatic heterocycles. The first-order valence-electron chi connectivity index (χ1n) is 9.97. The highest BCUT2D eigenvalue weighted by molar-refractivity contribution is 5.89. The Balaban J connectivity index is 1.65. The Kier molecular flexibility index (Phi) is 4.00. The zero-order valence-electron chi connectivity index (χ0n) is 16.1. The molecule has 2 N–H and O–H groups in total. The molecule has 0 amide bonds. The summed E-state index contributed by atoms with van der Waals surface area (Å²) in [5.41, 5.74) is 3.72. The monoisotopic (exact) mass is 379 g/mol. The smallest absolute Gasteiger partial charge is 0.335 e. The van der Waals surface area contributed by atoms with Crippen molar-refractivity contribution < 1.29 is 19.4 Å². The van der Waals surface area contributed by atoms with Crippen LogP contribution >= 0.6 is 0 Å². The van der Waals surface area contributed by atoms with Crippen molar-refractivity contribution in [2.24, 2.45) is 17.8 Å². The minimum atomic E-state index is -0.862. The van der Waals surface area contributed by atoms with Crippen molar-refractivity contribution in [3.05, 3.63) is 53.1 Å². The molecule has 5 heteroatoms. The lowest BCUT2D eigenvalue weighted by atomic mass is 9.67. The number of rotatable bonds is 4. The maximum atomic E-state index is 11.5. The molecular formula is C23H25NO4. The number of ether oxygens (including phenoxy) is 2. The Morgan fingerprint density at radius 3 is 2.64 bits per heavy atom. The molecule has 5 rings (SSSR count). The summed E-state index contributed by atoms with van der Waals surface area (Å²) in [6.45, 7) is 0. The first-order chi connectivity index (χ1) is 13.6. The van der Waals surface area contributed by atoms with Gasteiger partial charge in [0, 0.05) is 11.3 Å². The van der Waals surface area contributed by atoms with Crippen LogP contribution in [-0.2, 0) is 0 Å². The van der Waals surface area contributed by atoms with Crippen LogP contribution < -0.4 is 14.8 Å². The second-order valence-corrected chi connectivity index (χ2v) is 8.25. The van der Waals surface area contributed by atoms with Gasteiger partial charge in [0.05, 0.1) is 25.8 Å². The van der Waals surface area contributed by atoms with Crippen LogP contribution in [-0.4, -0.2) is 25.3 Å². The third kappa shape index (κ3) is 2.42. The molecule has 28 heavy (non-hydrogen) atoms. The van der Waals surface area contributed by atoms with Gasteiger partial charge in [0.25, 0.3) is 0 Å². The summed E-state index contributed by atoms with van der Waals surface area (Å²) in [6, 6.07) is 11.7. The number of nitrogens with one attached hydrogen (secondary N) is 1. The van der Waals surface area contributed by atoms with Gasteiger partial charge >= 0.3 is 5.97 Å². The van der Waals surface area contributed by atoms with E-state index in [-0.39, 0.29) is 6.04 Å². The first-order valence-corrected chi connectivity index (χ1v) is 9.97. The highest BCUT2D eigenvalue weighted by Crippen LogP contribution is 2.64. The Hall–Kier alpha value is -2.69. The molecule has 2 aliphatic carbocycles. The average molecular weight is 379 g/mol. The molecule has 0 spiro atoms. The van der Waals surface area contributed by atoms with Gasteiger partial charge in [-0.1, -0.05) is 12.1 Å². The summed E-state index contributed by atoms with van der Waals surface area (Å²) >= 11 is 0. The summed E-state index contributed by atoms with van der Waals surface area (Å²) in [6.07, 6.45) is 3.73. The van der Waals surface area contributed by atoms with Gasteiger partial charge in [-0.2, -0.15) is 0 Å². The Morgan fingerprint density at radius 2 is 1.89 bits per heavy atom. The molecular weight excluding hydrogens is 354 g/mol. The molecule has 2 aromatic carbocycles. The van der Waals surface area contributed by atoms with Gasteiger partial charge in [-0.3, -0.25) is 0 Å². The fourth-order valence-corrected chi connectivity index (χ4v) is 6.09. The second-order valence-electron chi connectivity index (χ2n) is 8.25. The van der Waals surface area contributed by atoms with E-state index in [2.05, 4.69) is 11.4 Å². The van der Waals surface area contributed by atoms with E-state index in [0.29, 0.717) is 29.2 Å². The zero-order valence-corrected chi connectivity index (χ0v) is 16.1. The second kappa shape index (κ2) is 6.43. The molecule has 2 aromatic rings. The van der Waals surface area contributed by atoms with Gasteiger partial charge in [0.2, 0.25) is 0 Å². The minimum absolute atomic E-state index is 0.133. The molecule has 146 valence electrons. The summed E-state index contributed by atoms with van der Waals surface area (Å²) in [5.74, 6) is 2.80. The summed E-state index contributed by atoms with van der Waals surface area (Å²) in [4.78, 5) is 11.5. The number of benzene rings is 2. The summed E-state index contributed by atoms with van der Waals surface area (Å²) in [5, 5.41) is 13.2. The van der Waals surface area contributed by atoms with Gasteiger partial charge in [-0.05, 0) is 72.8 Å². The van der Waals surface area contributed by atoms with Gasteiger partial charge in [-0.15, -0.1) is 0 Å². The topological polar surface area (TPSA) is 67.8 Å². The van der Waals surface area contributed by atoms with E-state index in [1.165, 1.54) is 24.8 Å². The fourth-order valence-electron chi connectivity index (χ4n) is 6.09. The molecule has 1 heterocycles. The minimum Gasteiger partial charge on any atom is -0.493 e. The fraction of sp³-hybridized carbons (Fsp3) is 0.435. The van der Waals surface area contributed by atoms with Crippen molar-refractivity contribution in [3.63, 3.8) is 0 Å². The SMILES string of the molecule is COc1cccc([C@H]2Nc3ccc(C(=O)O)cc3[C@H]3[C@H]4CC[C@@H](C4)[C@@H]32)c1OC. The number of hydrogen-bond acceptors (Lipinski definition) is 4. The van der Waals surface area contributed by atoms with Crippen molar-refractivity contribution in [3.8, 4) is 11.5 Å². The third-order valence-electron chi connectivity index (χ3n) is 7.10. The molecule has 2 fully saturated rings. The van der Waals surface area contributed by atoms with Crippen LogP contribution in [0.5, 0.6) is 11.5 Å². The van der Waals surface area contributed by atoms with Crippen LogP contribution in [0.15, 0.2) is 36.4 Å². The van der Waals surface area contributed by atoms with E-state index in [9.17, 15) is 9.90 Å². The van der Waals surface area contributed by atoms with Crippen LogP contribution in [0.3, 0.4) is 0 Å². The number of hydrogen-bond donors (Lipinski definition) is 2. The largest absolute Gasteiger partial charge is 0.493 e. The number of carboxylic acid groups (broad SMARTS) is 1. The number of anilines is 1. The number of carbonyl (C=O) groups is 1. The number of carboxylic acids is 1. The van der Waals surface area contributed by atoms with Crippen molar-refractivity contribution in [2.75, 3.05) is 19.5 Å². The molecule has 3 aliphatic rings. The van der Waals surface area contributed by atoms with E-state index in [1.807, 2.05) is 24.3 Å². The Labute approximate surface area is 164 Å². The first kappa shape index (κ1) is 17.4. The van der Waals surface area contributed by atoms with E-state index in [4.69, 9.17) is 9.47 Å². The van der Waals surface area contributed by atoms with Crippen molar-refractivity contribution in [1.82, 2.24) is 0 Å². The van der Waals surface area contributed by atoms with E-state index in [1.54, 1.807) is 20.3 Å². The molecule has 0 saturated heterocycles. The van der Waals surface area contributed by atoms with E-state index in [0.717, 1.165) is 22.7 Å². The molecule has 0 unspecified atom stereocenters. The highest BCUT2D eigenvalue weighted by Gasteiger charge is 2.54. The number of aromatic carboxylic acids is 1. The normalized spacial score (nSPS) is 29.6. The van der Waals surface area contributed by atoms with Crippen LogP contribution in [0.25, 0.3) is 0 Å². The average Bonchev–Trinajstić information content (AvgIpc) is 3.34. The number of para-hydroxylation sites is 1. The molecule has 5 atom stereocenters. The van der Waals surface area contributed by atoms with Gasteiger partial charge in [0.15, 0.2) is 11.5 Å². The van der Waals surface area contributed by atoms with Crippen molar-refractivity contribution in [2.45, 2.75) is 31.2 Å². The molecule has 0 aromatic heterocycles. The van der Waals surface area contributed by atoms with E-state index >= 15 is 0 Å². The zero-order chi connectivity index (χ0) is 19.4. The summed E-state index contributed by atoms with van der Waals surface area (Å²) < 4.78 is 11.3. The number of fused-ring (bicyclic) bond motifs is 7. The van der Waals surface area contributed by atoms with Gasteiger partial charge < -0.3 is 19.9 Å². The maximum Gasteiger partial charge on any atom is 0.335 e. The van der Waals surface area contributed by atoms with Crippen LogP contribution in [0.1, 0.15) is 52.7 Å². The molecule has 2 saturated carbocycles. The highest BCUT2D eigenvalue weighted by atomic mass is 16.5. The maximum absolute atomic E-state index is 11.5. The van der Waals surface area contributed by atoms with Crippen molar-refractivity contribution >= 4 is 11.7 Å². The lowest BCUT2D eigenvalue weighted by Gasteiger charge is -2.44. The third-order valence-corrected chi connectivity index (χ3v) is 7.10. The summed E-state index contributed by atoms with van der Waals surface area (Å²) in [7, 11) is 3.36. The predicted molar refractivity (Wildman–Crippen MR) is 106 cm³/mol. The lowest BCUT2D eigenvalue weighted by molar-refractivity contribution is 0.0696. The van der Waals surface area contributed by atoms with Gasteiger partial charge in [-0.25, -0.2) is 4.79 Å². The Morgan fingerprint density at radius 1 is 1.07 bits per heavy atom. The van der Waals surface area contributed by atoms with Crippen LogP contribution in [0, 0.1) is 17.8 Å². The van der Waals surface area contributed by atoms with Crippen LogP contribution in [0.2, 0.25) is 0 Å². The standard InChI is InChI=1S/C23H25NO4/c1-27-18-5-3-4-15(22(18)28-2)21-20-13-7-6-12(10-13)19(20)16-11-14(23(25)26)8-9-17(16)24-21/h3-5,8-9,11-13,19-21,24H,6-7,10H2,1-2H3,(H,25,26)/t12-,13-,19+,20-,21+/m0/s1. The van der Waals surface area contributed by atoms with Crippen LogP contribution in [0.4, 0.5) is 5.69 Å². The van der Waals surface area contributed by atoms with Crippen molar-refractivity contribution in [1.29, 1.82) is 0 Å². The quantitative estimate of drug-likeness (QED) is 0.806.